The van der Waals surface area contributed by atoms with Crippen LogP contribution in [0, 0.1) is 26.7 Å². The Morgan fingerprint density at radius 2 is 1.95 bits per heavy atom. The standard InChI is InChI=1S/C18H31N3/c1-6-21-9-7-17(8-10-21)12-19-15(4)18-13(2)11-14(3)20-16(18)5/h11,15,17,19H,6-10,12H2,1-5H3. The van der Waals surface area contributed by atoms with Crippen LogP contribution in [0.2, 0.25) is 0 Å². The van der Waals surface area contributed by atoms with Crippen molar-refractivity contribution in [3.05, 3.63) is 28.6 Å². The van der Waals surface area contributed by atoms with Gasteiger partial charge in [0.05, 0.1) is 0 Å². The number of aromatic nitrogens is 1. The van der Waals surface area contributed by atoms with Crippen LogP contribution in [0.15, 0.2) is 6.07 Å². The maximum Gasteiger partial charge on any atom is 0.0426 e. The lowest BCUT2D eigenvalue weighted by atomic mass is 9.95. The Labute approximate surface area is 130 Å². The van der Waals surface area contributed by atoms with E-state index in [1.807, 2.05) is 0 Å². The second-order valence-electron chi connectivity index (χ2n) is 6.59. The van der Waals surface area contributed by atoms with E-state index in [-0.39, 0.29) is 0 Å². The van der Waals surface area contributed by atoms with Crippen molar-refractivity contribution < 1.29 is 0 Å². The molecule has 0 spiro atoms. The number of pyridine rings is 1. The minimum Gasteiger partial charge on any atom is -0.310 e. The van der Waals surface area contributed by atoms with Crippen molar-refractivity contribution in [3.8, 4) is 0 Å². The van der Waals surface area contributed by atoms with Gasteiger partial charge in [0.25, 0.3) is 0 Å². The summed E-state index contributed by atoms with van der Waals surface area (Å²) in [5.74, 6) is 0.828. The molecule has 118 valence electrons. The van der Waals surface area contributed by atoms with Gasteiger partial charge in [-0.25, -0.2) is 0 Å². The van der Waals surface area contributed by atoms with Crippen LogP contribution >= 0.6 is 0 Å². The molecule has 21 heavy (non-hydrogen) atoms. The van der Waals surface area contributed by atoms with E-state index in [2.05, 4.69) is 55.9 Å². The molecule has 0 amide bonds. The SMILES string of the molecule is CCN1CCC(CNC(C)c2c(C)cc(C)nc2C)CC1. The first-order valence-electron chi connectivity index (χ1n) is 8.41. The van der Waals surface area contributed by atoms with Gasteiger partial charge in [0.1, 0.15) is 0 Å². The molecular formula is C18H31N3. The van der Waals surface area contributed by atoms with E-state index >= 15 is 0 Å². The fraction of sp³-hybridized carbons (Fsp3) is 0.722. The molecule has 1 saturated heterocycles. The maximum absolute atomic E-state index is 4.62. The summed E-state index contributed by atoms with van der Waals surface area (Å²) in [6.45, 7) is 15.8. The van der Waals surface area contributed by atoms with Crippen molar-refractivity contribution in [2.24, 2.45) is 5.92 Å². The lowest BCUT2D eigenvalue weighted by Crippen LogP contribution is -2.37. The summed E-state index contributed by atoms with van der Waals surface area (Å²) >= 11 is 0. The molecular weight excluding hydrogens is 258 g/mol. The first kappa shape index (κ1) is 16.4. The number of aryl methyl sites for hydroxylation is 3. The van der Waals surface area contributed by atoms with Crippen LogP contribution in [-0.4, -0.2) is 36.1 Å². The molecule has 0 aromatic carbocycles. The van der Waals surface area contributed by atoms with E-state index in [0.29, 0.717) is 6.04 Å². The third kappa shape index (κ3) is 4.27. The predicted molar refractivity (Wildman–Crippen MR) is 89.7 cm³/mol. The summed E-state index contributed by atoms with van der Waals surface area (Å²) < 4.78 is 0. The molecule has 1 fully saturated rings. The second-order valence-corrected chi connectivity index (χ2v) is 6.59. The minimum atomic E-state index is 0.391. The molecule has 0 bridgehead atoms. The molecule has 0 aliphatic carbocycles. The van der Waals surface area contributed by atoms with Gasteiger partial charge in [0.15, 0.2) is 0 Å². The number of nitrogens with one attached hydrogen (secondary N) is 1. The Bertz CT molecular complexity index is 439. The molecule has 1 unspecified atom stereocenters. The zero-order chi connectivity index (χ0) is 15.4. The Kier molecular flexibility index (Phi) is 5.77. The fourth-order valence-electron chi connectivity index (χ4n) is 3.64. The Morgan fingerprint density at radius 1 is 1.29 bits per heavy atom. The molecule has 2 rings (SSSR count). The molecule has 1 aromatic rings. The number of likely N-dealkylation sites (tertiary alicyclic amines) is 1. The normalized spacial score (nSPS) is 18.9. The maximum atomic E-state index is 4.62. The van der Waals surface area contributed by atoms with Crippen molar-refractivity contribution in [2.75, 3.05) is 26.2 Å². The smallest absolute Gasteiger partial charge is 0.0426 e. The highest BCUT2D eigenvalue weighted by atomic mass is 15.1. The van der Waals surface area contributed by atoms with Crippen LogP contribution in [0.5, 0.6) is 0 Å². The summed E-state index contributed by atoms with van der Waals surface area (Å²) in [7, 11) is 0. The van der Waals surface area contributed by atoms with Crippen molar-refractivity contribution >= 4 is 0 Å². The number of hydrogen-bond donors (Lipinski definition) is 1. The molecule has 1 atom stereocenters. The zero-order valence-electron chi connectivity index (χ0n) is 14.4. The largest absolute Gasteiger partial charge is 0.310 e. The van der Waals surface area contributed by atoms with E-state index in [1.165, 1.54) is 49.3 Å². The molecule has 1 aliphatic heterocycles. The van der Waals surface area contributed by atoms with E-state index in [0.717, 1.165) is 18.2 Å². The number of hydrogen-bond acceptors (Lipinski definition) is 3. The van der Waals surface area contributed by atoms with Crippen LogP contribution in [0.3, 0.4) is 0 Å². The third-order valence-corrected chi connectivity index (χ3v) is 4.88. The quantitative estimate of drug-likeness (QED) is 0.900. The second kappa shape index (κ2) is 7.37. The highest BCUT2D eigenvalue weighted by Crippen LogP contribution is 2.22. The monoisotopic (exact) mass is 289 g/mol. The summed E-state index contributed by atoms with van der Waals surface area (Å²) in [4.78, 5) is 7.18. The van der Waals surface area contributed by atoms with E-state index in [9.17, 15) is 0 Å². The fourth-order valence-corrected chi connectivity index (χ4v) is 3.64. The van der Waals surface area contributed by atoms with Crippen LogP contribution in [-0.2, 0) is 0 Å². The predicted octanol–water partition coefficient (Wildman–Crippen LogP) is 3.39. The number of rotatable bonds is 5. The van der Waals surface area contributed by atoms with Crippen molar-refractivity contribution in [1.29, 1.82) is 0 Å². The average molecular weight is 289 g/mol. The summed E-state index contributed by atoms with van der Waals surface area (Å²) in [6.07, 6.45) is 2.66. The summed E-state index contributed by atoms with van der Waals surface area (Å²) in [5.41, 5.74) is 5.04. The van der Waals surface area contributed by atoms with Gasteiger partial charge in [0, 0.05) is 17.4 Å². The van der Waals surface area contributed by atoms with Gasteiger partial charge >= 0.3 is 0 Å². The highest BCUT2D eigenvalue weighted by molar-refractivity contribution is 5.33. The zero-order valence-corrected chi connectivity index (χ0v) is 14.4. The lowest BCUT2D eigenvalue weighted by molar-refractivity contribution is 0.188. The van der Waals surface area contributed by atoms with Gasteiger partial charge in [0.2, 0.25) is 0 Å². The van der Waals surface area contributed by atoms with Gasteiger partial charge in [-0.1, -0.05) is 6.92 Å². The van der Waals surface area contributed by atoms with Gasteiger partial charge in [-0.15, -0.1) is 0 Å². The van der Waals surface area contributed by atoms with Gasteiger partial charge < -0.3 is 10.2 Å². The molecule has 1 aliphatic rings. The molecule has 3 nitrogen and oxygen atoms in total. The Hall–Kier alpha value is -0.930. The van der Waals surface area contributed by atoms with Crippen LogP contribution in [0.4, 0.5) is 0 Å². The molecule has 1 N–H and O–H groups in total. The van der Waals surface area contributed by atoms with Crippen molar-refractivity contribution in [1.82, 2.24) is 15.2 Å². The topological polar surface area (TPSA) is 28.2 Å². The molecule has 3 heteroatoms. The van der Waals surface area contributed by atoms with Crippen LogP contribution < -0.4 is 5.32 Å². The highest BCUT2D eigenvalue weighted by Gasteiger charge is 2.19. The Balaban J connectivity index is 1.89. The number of piperidine rings is 1. The van der Waals surface area contributed by atoms with E-state index in [4.69, 9.17) is 0 Å². The molecule has 2 heterocycles. The third-order valence-electron chi connectivity index (χ3n) is 4.88. The van der Waals surface area contributed by atoms with Crippen molar-refractivity contribution in [2.45, 2.75) is 53.5 Å². The van der Waals surface area contributed by atoms with E-state index in [1.54, 1.807) is 0 Å². The molecule has 0 saturated carbocycles. The van der Waals surface area contributed by atoms with Gasteiger partial charge in [-0.05, 0) is 89.8 Å². The van der Waals surface area contributed by atoms with E-state index < -0.39 is 0 Å². The lowest BCUT2D eigenvalue weighted by Gasteiger charge is -2.32. The number of nitrogens with zero attached hydrogens (tertiary/aromatic N) is 2. The summed E-state index contributed by atoms with van der Waals surface area (Å²) in [6, 6.07) is 2.59. The minimum absolute atomic E-state index is 0.391. The van der Waals surface area contributed by atoms with Gasteiger partial charge in [-0.3, -0.25) is 4.98 Å². The van der Waals surface area contributed by atoms with Gasteiger partial charge in [-0.2, -0.15) is 0 Å². The summed E-state index contributed by atoms with van der Waals surface area (Å²) in [5, 5.41) is 3.74. The first-order chi connectivity index (χ1) is 10.0. The molecule has 0 radical (unpaired) electrons. The van der Waals surface area contributed by atoms with Crippen LogP contribution in [0.25, 0.3) is 0 Å². The average Bonchev–Trinajstić information content (AvgIpc) is 2.44. The molecule has 1 aromatic heterocycles. The Morgan fingerprint density at radius 3 is 2.52 bits per heavy atom. The first-order valence-corrected chi connectivity index (χ1v) is 8.41. The van der Waals surface area contributed by atoms with Crippen LogP contribution in [0.1, 0.15) is 55.2 Å². The van der Waals surface area contributed by atoms with Crippen molar-refractivity contribution in [3.63, 3.8) is 0 Å².